The Morgan fingerprint density at radius 1 is 1.04 bits per heavy atom. The SMILES string of the molecule is CCc1ccc([C@H](C)NC(=O)COC(=O)c2ccccc2S(=O)(=O)CC)cc1. The first kappa shape index (κ1) is 21.6. The van der Waals surface area contributed by atoms with E-state index >= 15 is 0 Å². The number of carbonyl (C=O) groups excluding carboxylic acids is 2. The molecule has 0 saturated carbocycles. The van der Waals surface area contributed by atoms with E-state index in [0.717, 1.165) is 12.0 Å². The third kappa shape index (κ3) is 5.42. The molecule has 0 spiro atoms. The van der Waals surface area contributed by atoms with Gasteiger partial charge in [-0.2, -0.15) is 0 Å². The topological polar surface area (TPSA) is 89.5 Å². The number of sulfone groups is 1. The Balaban J connectivity index is 1.98. The number of esters is 1. The Morgan fingerprint density at radius 2 is 1.68 bits per heavy atom. The van der Waals surface area contributed by atoms with E-state index in [-0.39, 0.29) is 22.3 Å². The molecule has 6 nitrogen and oxygen atoms in total. The maximum Gasteiger partial charge on any atom is 0.339 e. The van der Waals surface area contributed by atoms with Gasteiger partial charge in [0.2, 0.25) is 0 Å². The zero-order chi connectivity index (χ0) is 20.7. The van der Waals surface area contributed by atoms with Gasteiger partial charge in [0.15, 0.2) is 16.4 Å². The van der Waals surface area contributed by atoms with E-state index in [0.29, 0.717) is 0 Å². The maximum absolute atomic E-state index is 12.3. The van der Waals surface area contributed by atoms with Gasteiger partial charge in [-0.3, -0.25) is 4.79 Å². The van der Waals surface area contributed by atoms with Crippen LogP contribution in [0.15, 0.2) is 53.4 Å². The number of nitrogens with one attached hydrogen (secondary N) is 1. The van der Waals surface area contributed by atoms with Crippen molar-refractivity contribution in [3.63, 3.8) is 0 Å². The Kier molecular flexibility index (Phi) is 7.34. The van der Waals surface area contributed by atoms with E-state index < -0.39 is 28.3 Å². The standard InChI is InChI=1S/C21H25NO5S/c1-4-16-10-12-17(13-11-16)15(3)22-20(23)14-27-21(24)18-8-6-7-9-19(18)28(25,26)5-2/h6-13,15H,4-5,14H2,1-3H3,(H,22,23)/t15-/m0/s1. The van der Waals surface area contributed by atoms with Crippen molar-refractivity contribution < 1.29 is 22.7 Å². The number of amides is 1. The molecule has 0 fully saturated rings. The second kappa shape index (κ2) is 9.50. The van der Waals surface area contributed by atoms with Gasteiger partial charge in [-0.25, -0.2) is 13.2 Å². The fraction of sp³-hybridized carbons (Fsp3) is 0.333. The van der Waals surface area contributed by atoms with Crippen LogP contribution in [0.4, 0.5) is 0 Å². The lowest BCUT2D eigenvalue weighted by Crippen LogP contribution is -2.31. The first-order chi connectivity index (χ1) is 13.3. The second-order valence-electron chi connectivity index (χ2n) is 6.36. The van der Waals surface area contributed by atoms with Crippen LogP contribution in [0.3, 0.4) is 0 Å². The van der Waals surface area contributed by atoms with E-state index in [1.54, 1.807) is 6.07 Å². The molecule has 1 N–H and O–H groups in total. The van der Waals surface area contributed by atoms with Crippen LogP contribution in [0.1, 0.15) is 48.3 Å². The smallest absolute Gasteiger partial charge is 0.339 e. The van der Waals surface area contributed by atoms with Gasteiger partial charge in [-0.05, 0) is 36.6 Å². The molecule has 2 aromatic carbocycles. The fourth-order valence-corrected chi connectivity index (χ4v) is 3.76. The molecule has 0 bridgehead atoms. The van der Waals surface area contributed by atoms with Crippen molar-refractivity contribution >= 4 is 21.7 Å². The average molecular weight is 404 g/mol. The molecule has 2 rings (SSSR count). The zero-order valence-electron chi connectivity index (χ0n) is 16.3. The normalized spacial score (nSPS) is 12.2. The van der Waals surface area contributed by atoms with Crippen molar-refractivity contribution in [2.45, 2.75) is 38.1 Å². The molecule has 0 aliphatic rings. The molecule has 1 amide bonds. The minimum atomic E-state index is -3.57. The molecule has 0 heterocycles. The van der Waals surface area contributed by atoms with Crippen LogP contribution in [0.2, 0.25) is 0 Å². The van der Waals surface area contributed by atoms with E-state index in [1.807, 2.05) is 31.2 Å². The molecule has 0 aromatic heterocycles. The highest BCUT2D eigenvalue weighted by molar-refractivity contribution is 7.91. The van der Waals surface area contributed by atoms with Crippen molar-refractivity contribution in [3.8, 4) is 0 Å². The molecule has 28 heavy (non-hydrogen) atoms. The van der Waals surface area contributed by atoms with Crippen LogP contribution >= 0.6 is 0 Å². The third-order valence-electron chi connectivity index (χ3n) is 4.42. The van der Waals surface area contributed by atoms with E-state index in [9.17, 15) is 18.0 Å². The molecule has 0 unspecified atom stereocenters. The molecule has 0 aliphatic carbocycles. The first-order valence-corrected chi connectivity index (χ1v) is 10.8. The van der Waals surface area contributed by atoms with Crippen molar-refractivity contribution in [2.24, 2.45) is 0 Å². The molecule has 1 atom stereocenters. The first-order valence-electron chi connectivity index (χ1n) is 9.15. The largest absolute Gasteiger partial charge is 0.452 e. The van der Waals surface area contributed by atoms with Gasteiger partial charge in [0.05, 0.1) is 22.3 Å². The van der Waals surface area contributed by atoms with Crippen LogP contribution < -0.4 is 5.32 Å². The molecular formula is C21H25NO5S. The van der Waals surface area contributed by atoms with Gasteiger partial charge in [0, 0.05) is 0 Å². The molecule has 0 saturated heterocycles. The van der Waals surface area contributed by atoms with Crippen molar-refractivity contribution in [3.05, 3.63) is 65.2 Å². The van der Waals surface area contributed by atoms with Crippen LogP contribution in [-0.4, -0.2) is 32.7 Å². The predicted molar refractivity (Wildman–Crippen MR) is 107 cm³/mol. The van der Waals surface area contributed by atoms with Crippen LogP contribution in [0.5, 0.6) is 0 Å². The van der Waals surface area contributed by atoms with Crippen LogP contribution in [0, 0.1) is 0 Å². The maximum atomic E-state index is 12.3. The van der Waals surface area contributed by atoms with Gasteiger partial charge < -0.3 is 10.1 Å². The lowest BCUT2D eigenvalue weighted by atomic mass is 10.1. The number of aryl methyl sites for hydroxylation is 1. The van der Waals surface area contributed by atoms with Gasteiger partial charge in [-0.1, -0.05) is 50.2 Å². The van der Waals surface area contributed by atoms with Gasteiger partial charge in [-0.15, -0.1) is 0 Å². The average Bonchev–Trinajstić information content (AvgIpc) is 2.72. The summed E-state index contributed by atoms with van der Waals surface area (Å²) in [4.78, 5) is 24.3. The van der Waals surface area contributed by atoms with Gasteiger partial charge in [0.1, 0.15) is 0 Å². The van der Waals surface area contributed by atoms with E-state index in [2.05, 4.69) is 12.2 Å². The summed E-state index contributed by atoms with van der Waals surface area (Å²) in [5, 5.41) is 2.76. The highest BCUT2D eigenvalue weighted by Gasteiger charge is 2.22. The number of hydrogen-bond donors (Lipinski definition) is 1. The lowest BCUT2D eigenvalue weighted by Gasteiger charge is -2.15. The number of rotatable bonds is 8. The Labute approximate surface area is 165 Å². The monoisotopic (exact) mass is 403 g/mol. The Morgan fingerprint density at radius 3 is 2.29 bits per heavy atom. The lowest BCUT2D eigenvalue weighted by molar-refractivity contribution is -0.124. The number of ether oxygens (including phenoxy) is 1. The molecule has 2 aromatic rings. The molecule has 0 radical (unpaired) electrons. The van der Waals surface area contributed by atoms with Crippen molar-refractivity contribution in [2.75, 3.05) is 12.4 Å². The molecular weight excluding hydrogens is 378 g/mol. The summed E-state index contributed by atoms with van der Waals surface area (Å²) in [6, 6.07) is 13.5. The van der Waals surface area contributed by atoms with Gasteiger partial charge >= 0.3 is 5.97 Å². The van der Waals surface area contributed by atoms with Gasteiger partial charge in [0.25, 0.3) is 5.91 Å². The number of hydrogen-bond acceptors (Lipinski definition) is 5. The molecule has 0 aliphatic heterocycles. The fourth-order valence-electron chi connectivity index (χ4n) is 2.68. The molecule has 150 valence electrons. The quantitative estimate of drug-likeness (QED) is 0.684. The minimum Gasteiger partial charge on any atom is -0.452 e. The van der Waals surface area contributed by atoms with Crippen LogP contribution in [-0.2, 0) is 25.8 Å². The summed E-state index contributed by atoms with van der Waals surface area (Å²) in [6.45, 7) is 4.91. The number of carbonyl (C=O) groups is 2. The summed E-state index contributed by atoms with van der Waals surface area (Å²) in [7, 11) is -3.57. The predicted octanol–water partition coefficient (Wildman–Crippen LogP) is 3.08. The Hall–Kier alpha value is -2.67. The highest BCUT2D eigenvalue weighted by Crippen LogP contribution is 2.18. The summed E-state index contributed by atoms with van der Waals surface area (Å²) in [5.74, 6) is -1.44. The minimum absolute atomic E-state index is 0.0691. The highest BCUT2D eigenvalue weighted by atomic mass is 32.2. The Bertz CT molecular complexity index is 936. The van der Waals surface area contributed by atoms with Crippen LogP contribution in [0.25, 0.3) is 0 Å². The second-order valence-corrected chi connectivity index (χ2v) is 8.61. The summed E-state index contributed by atoms with van der Waals surface area (Å²) < 4.78 is 29.3. The summed E-state index contributed by atoms with van der Waals surface area (Å²) >= 11 is 0. The molecule has 7 heteroatoms. The van der Waals surface area contributed by atoms with E-state index in [1.165, 1.54) is 30.7 Å². The van der Waals surface area contributed by atoms with Crippen molar-refractivity contribution in [1.29, 1.82) is 0 Å². The summed E-state index contributed by atoms with van der Waals surface area (Å²) in [5.41, 5.74) is 2.08. The third-order valence-corrected chi connectivity index (χ3v) is 6.21. The van der Waals surface area contributed by atoms with Crippen molar-refractivity contribution in [1.82, 2.24) is 5.32 Å². The summed E-state index contributed by atoms with van der Waals surface area (Å²) in [6.07, 6.45) is 0.937. The van der Waals surface area contributed by atoms with E-state index in [4.69, 9.17) is 4.74 Å². The zero-order valence-corrected chi connectivity index (χ0v) is 17.1. The number of benzene rings is 2.